The van der Waals surface area contributed by atoms with Gasteiger partial charge in [0.15, 0.2) is 5.78 Å². The summed E-state index contributed by atoms with van der Waals surface area (Å²) >= 11 is 0. The average Bonchev–Trinajstić information content (AvgIpc) is 2.72. The van der Waals surface area contributed by atoms with Crippen molar-refractivity contribution in [3.05, 3.63) is 69.5 Å². The summed E-state index contributed by atoms with van der Waals surface area (Å²) in [6.07, 6.45) is 1.02. The van der Waals surface area contributed by atoms with E-state index in [0.717, 1.165) is 0 Å². The molecule has 0 spiro atoms. The van der Waals surface area contributed by atoms with Gasteiger partial charge in [0.2, 0.25) is 0 Å². The van der Waals surface area contributed by atoms with Crippen LogP contribution in [0.4, 0.5) is 15.8 Å². The van der Waals surface area contributed by atoms with E-state index < -0.39 is 16.7 Å². The number of rotatable bonds is 5. The summed E-state index contributed by atoms with van der Waals surface area (Å²) in [6, 6.07) is 9.54. The van der Waals surface area contributed by atoms with Crippen LogP contribution in [0.1, 0.15) is 33.6 Å². The van der Waals surface area contributed by atoms with Crippen molar-refractivity contribution in [2.75, 3.05) is 25.1 Å². The smallest absolute Gasteiger partial charge is 0.337 e. The molecular formula is C20H19FN2O5. The largest absolute Gasteiger partial charge is 0.465 e. The van der Waals surface area contributed by atoms with Crippen LogP contribution in [0.15, 0.2) is 42.5 Å². The number of nitro groups is 1. The zero-order valence-corrected chi connectivity index (χ0v) is 15.3. The van der Waals surface area contributed by atoms with E-state index in [4.69, 9.17) is 0 Å². The Morgan fingerprint density at radius 1 is 1.11 bits per heavy atom. The van der Waals surface area contributed by atoms with Crippen LogP contribution in [0.5, 0.6) is 0 Å². The van der Waals surface area contributed by atoms with Gasteiger partial charge in [0, 0.05) is 30.6 Å². The lowest BCUT2D eigenvalue weighted by Gasteiger charge is -2.32. The molecule has 0 amide bonds. The summed E-state index contributed by atoms with van der Waals surface area (Å²) in [7, 11) is 1.25. The molecule has 1 aliphatic heterocycles. The molecule has 7 nitrogen and oxygen atoms in total. The molecule has 1 heterocycles. The lowest BCUT2D eigenvalue weighted by atomic mass is 9.88. The van der Waals surface area contributed by atoms with Gasteiger partial charge in [0.25, 0.3) is 5.69 Å². The second-order valence-corrected chi connectivity index (χ2v) is 6.58. The molecule has 1 fully saturated rings. The summed E-state index contributed by atoms with van der Waals surface area (Å²) in [5.74, 6) is -1.26. The minimum atomic E-state index is -0.572. The molecule has 0 radical (unpaired) electrons. The minimum Gasteiger partial charge on any atom is -0.465 e. The van der Waals surface area contributed by atoms with Crippen LogP contribution in [0.3, 0.4) is 0 Å². The van der Waals surface area contributed by atoms with E-state index in [-0.39, 0.29) is 23.0 Å². The summed E-state index contributed by atoms with van der Waals surface area (Å²) in [6.45, 7) is 0.867. The normalized spacial score (nSPS) is 14.6. The van der Waals surface area contributed by atoms with Gasteiger partial charge in [-0.25, -0.2) is 9.18 Å². The van der Waals surface area contributed by atoms with Crippen LogP contribution >= 0.6 is 0 Å². The number of benzene rings is 2. The minimum absolute atomic E-state index is 0.0579. The van der Waals surface area contributed by atoms with Gasteiger partial charge in [-0.15, -0.1) is 0 Å². The molecule has 2 aromatic rings. The first-order chi connectivity index (χ1) is 13.4. The fourth-order valence-corrected chi connectivity index (χ4v) is 3.41. The molecule has 0 bridgehead atoms. The molecule has 0 aromatic heterocycles. The number of hydrogen-bond acceptors (Lipinski definition) is 6. The second kappa shape index (κ2) is 8.16. The third-order valence-electron chi connectivity index (χ3n) is 4.93. The third-order valence-corrected chi connectivity index (χ3v) is 4.93. The number of piperidine rings is 1. The van der Waals surface area contributed by atoms with Crippen LogP contribution in [-0.4, -0.2) is 36.9 Å². The number of Topliss-reactive ketones (excluding diaryl/α,β-unsaturated/α-hetero) is 1. The number of esters is 1. The highest BCUT2D eigenvalue weighted by atomic mass is 19.1. The maximum atomic E-state index is 13.0. The maximum absolute atomic E-state index is 13.0. The van der Waals surface area contributed by atoms with Crippen molar-refractivity contribution in [2.24, 2.45) is 5.92 Å². The van der Waals surface area contributed by atoms with Crippen molar-refractivity contribution in [2.45, 2.75) is 12.8 Å². The summed E-state index contributed by atoms with van der Waals surface area (Å²) in [5, 5.41) is 11.4. The van der Waals surface area contributed by atoms with Crippen molar-refractivity contribution in [3.8, 4) is 0 Å². The predicted molar refractivity (Wildman–Crippen MR) is 100 cm³/mol. The highest BCUT2D eigenvalue weighted by Crippen LogP contribution is 2.33. The molecular weight excluding hydrogens is 367 g/mol. The van der Waals surface area contributed by atoms with Crippen LogP contribution < -0.4 is 4.90 Å². The zero-order chi connectivity index (χ0) is 20.3. The lowest BCUT2D eigenvalue weighted by Crippen LogP contribution is -2.36. The van der Waals surface area contributed by atoms with E-state index in [2.05, 4.69) is 4.74 Å². The van der Waals surface area contributed by atoms with Gasteiger partial charge in [-0.2, -0.15) is 0 Å². The first kappa shape index (κ1) is 19.5. The number of carbonyl (C=O) groups is 2. The molecule has 1 aliphatic rings. The molecule has 28 heavy (non-hydrogen) atoms. The van der Waals surface area contributed by atoms with Gasteiger partial charge < -0.3 is 9.64 Å². The topological polar surface area (TPSA) is 89.8 Å². The van der Waals surface area contributed by atoms with Gasteiger partial charge in [-0.05, 0) is 49.2 Å². The van der Waals surface area contributed by atoms with Crippen molar-refractivity contribution in [1.29, 1.82) is 0 Å². The molecule has 0 unspecified atom stereocenters. The number of nitro benzene ring substituents is 1. The Morgan fingerprint density at radius 2 is 1.71 bits per heavy atom. The van der Waals surface area contributed by atoms with E-state index in [1.54, 1.807) is 4.90 Å². The molecule has 146 valence electrons. The van der Waals surface area contributed by atoms with E-state index in [9.17, 15) is 24.1 Å². The van der Waals surface area contributed by atoms with Crippen LogP contribution in [-0.2, 0) is 4.74 Å². The highest BCUT2D eigenvalue weighted by Gasteiger charge is 2.29. The van der Waals surface area contributed by atoms with Crippen LogP contribution in [0, 0.1) is 21.8 Å². The van der Waals surface area contributed by atoms with Gasteiger partial charge >= 0.3 is 5.97 Å². The number of hydrogen-bond donors (Lipinski definition) is 0. The van der Waals surface area contributed by atoms with Crippen molar-refractivity contribution >= 4 is 23.1 Å². The summed E-state index contributed by atoms with van der Waals surface area (Å²) in [5.41, 5.74) is 0.919. The van der Waals surface area contributed by atoms with Crippen LogP contribution in [0.25, 0.3) is 0 Å². The van der Waals surface area contributed by atoms with E-state index >= 15 is 0 Å². The lowest BCUT2D eigenvalue weighted by molar-refractivity contribution is -0.384. The standard InChI is InChI=1S/C20H19FN2O5/c1-28-20(25)15-4-7-17(23(26)27)18(12-15)22-10-8-14(9-11-22)19(24)13-2-5-16(21)6-3-13/h2-7,12,14H,8-11H2,1H3. The number of methoxy groups -OCH3 is 1. The highest BCUT2D eigenvalue weighted by molar-refractivity contribution is 5.98. The van der Waals surface area contributed by atoms with E-state index in [1.165, 1.54) is 49.6 Å². The molecule has 2 aromatic carbocycles. The summed E-state index contributed by atoms with van der Waals surface area (Å²) in [4.78, 5) is 37.1. The average molecular weight is 386 g/mol. The second-order valence-electron chi connectivity index (χ2n) is 6.58. The summed E-state index contributed by atoms with van der Waals surface area (Å²) < 4.78 is 17.7. The van der Waals surface area contributed by atoms with Gasteiger partial charge in [-0.1, -0.05) is 0 Å². The SMILES string of the molecule is COC(=O)c1ccc([N+](=O)[O-])c(N2CCC(C(=O)c3ccc(F)cc3)CC2)c1. The van der Waals surface area contributed by atoms with Crippen molar-refractivity contribution < 1.29 is 23.6 Å². The Hall–Kier alpha value is -3.29. The van der Waals surface area contributed by atoms with Gasteiger partial charge in [0.1, 0.15) is 11.5 Å². The van der Waals surface area contributed by atoms with Crippen LogP contribution in [0.2, 0.25) is 0 Å². The zero-order valence-electron chi connectivity index (χ0n) is 15.3. The number of ether oxygens (including phenoxy) is 1. The first-order valence-electron chi connectivity index (χ1n) is 8.82. The number of nitrogens with zero attached hydrogens (tertiary/aromatic N) is 2. The fourth-order valence-electron chi connectivity index (χ4n) is 3.41. The number of ketones is 1. The van der Waals surface area contributed by atoms with Crippen molar-refractivity contribution in [1.82, 2.24) is 0 Å². The van der Waals surface area contributed by atoms with Gasteiger partial charge in [0.05, 0.1) is 17.6 Å². The van der Waals surface area contributed by atoms with Crippen molar-refractivity contribution in [3.63, 3.8) is 0 Å². The molecule has 1 saturated heterocycles. The Kier molecular flexibility index (Phi) is 5.67. The monoisotopic (exact) mass is 386 g/mol. The molecule has 0 atom stereocenters. The van der Waals surface area contributed by atoms with E-state index in [0.29, 0.717) is 37.2 Å². The third kappa shape index (κ3) is 4.00. The Balaban J connectivity index is 1.77. The Labute approximate surface area is 160 Å². The fraction of sp³-hybridized carbons (Fsp3) is 0.300. The van der Waals surface area contributed by atoms with Gasteiger partial charge in [-0.3, -0.25) is 14.9 Å². The molecule has 8 heteroatoms. The Bertz CT molecular complexity index is 905. The number of halogens is 1. The maximum Gasteiger partial charge on any atom is 0.337 e. The number of anilines is 1. The quantitative estimate of drug-likeness (QED) is 0.337. The van der Waals surface area contributed by atoms with E-state index in [1.807, 2.05) is 0 Å². The molecule has 3 rings (SSSR count). The molecule has 0 aliphatic carbocycles. The molecule has 0 saturated carbocycles. The Morgan fingerprint density at radius 3 is 2.29 bits per heavy atom. The number of carbonyl (C=O) groups excluding carboxylic acids is 2. The first-order valence-corrected chi connectivity index (χ1v) is 8.82. The predicted octanol–water partition coefficient (Wildman–Crippen LogP) is 3.62. The molecule has 0 N–H and O–H groups in total.